The van der Waals surface area contributed by atoms with E-state index in [4.69, 9.17) is 0 Å². The van der Waals surface area contributed by atoms with Gasteiger partial charge >= 0.3 is 5.97 Å². The molecule has 35 heavy (non-hydrogen) atoms. The van der Waals surface area contributed by atoms with E-state index in [1.54, 1.807) is 0 Å². The fourth-order valence-corrected chi connectivity index (χ4v) is 4.47. The smallest absolute Gasteiger partial charge is 0.326 e. The molecule has 0 radical (unpaired) electrons. The first-order valence-corrected chi connectivity index (χ1v) is 11.6. The molecule has 4 N–H and O–H groups in total. The predicted octanol–water partition coefficient (Wildman–Crippen LogP) is 3.37. The fourth-order valence-electron chi connectivity index (χ4n) is 4.47. The average molecular weight is 478 g/mol. The molecule has 0 aliphatic carbocycles. The zero-order chi connectivity index (χ0) is 25.1. The lowest BCUT2D eigenvalue weighted by Crippen LogP contribution is -2.48. The van der Waals surface area contributed by atoms with Gasteiger partial charge in [0.25, 0.3) is 16.8 Å². The van der Waals surface area contributed by atoms with Crippen LogP contribution in [0.4, 0.5) is 17.1 Å². The minimum atomic E-state index is -1.09. The van der Waals surface area contributed by atoms with Crippen molar-refractivity contribution in [2.75, 3.05) is 17.2 Å². The normalized spacial score (nSPS) is 16.6. The van der Waals surface area contributed by atoms with Gasteiger partial charge < -0.3 is 25.7 Å². The van der Waals surface area contributed by atoms with Crippen LogP contribution in [0.2, 0.25) is 0 Å². The lowest BCUT2D eigenvalue weighted by atomic mass is 10.0. The van der Waals surface area contributed by atoms with Crippen molar-refractivity contribution in [2.24, 2.45) is 0 Å². The number of hydrogen-bond donors (Lipinski definition) is 4. The Morgan fingerprint density at radius 1 is 1.03 bits per heavy atom. The second-order valence-electron chi connectivity index (χ2n) is 8.60. The number of anilines is 3. The molecule has 9 nitrogen and oxygen atoms in total. The highest BCUT2D eigenvalue weighted by atomic mass is 16.4. The third kappa shape index (κ3) is 4.62. The highest BCUT2D eigenvalue weighted by Crippen LogP contribution is 2.34. The number of para-hydroxylation sites is 1. The van der Waals surface area contributed by atoms with Crippen molar-refractivity contribution >= 4 is 28.9 Å². The summed E-state index contributed by atoms with van der Waals surface area (Å²) < 4.78 is 0. The Kier molecular flexibility index (Phi) is 6.86. The molecule has 0 saturated carbocycles. The Bertz CT molecular complexity index is 1310. The number of carboxylic acid groups (broad SMARTS) is 1. The van der Waals surface area contributed by atoms with Crippen LogP contribution in [-0.4, -0.2) is 39.6 Å². The minimum Gasteiger partial charge on any atom is -0.505 e. The number of carbonyl (C=O) groups excluding carboxylic acids is 1. The van der Waals surface area contributed by atoms with Gasteiger partial charge in [-0.25, -0.2) is 4.79 Å². The number of nitrogens with zero attached hydrogens (tertiary/aromatic N) is 1. The largest absolute Gasteiger partial charge is 0.505 e. The highest BCUT2D eigenvalue weighted by molar-refractivity contribution is 6.01. The number of likely N-dealkylation sites (tertiary alicyclic amines) is 1. The summed E-state index contributed by atoms with van der Waals surface area (Å²) in [5.41, 5.74) is -0.317. The number of carboxylic acids is 1. The Morgan fingerprint density at radius 2 is 1.74 bits per heavy atom. The molecular weight excluding hydrogens is 450 g/mol. The zero-order valence-corrected chi connectivity index (χ0v) is 19.3. The summed E-state index contributed by atoms with van der Waals surface area (Å²) >= 11 is 0. The molecule has 182 valence electrons. The van der Waals surface area contributed by atoms with Crippen molar-refractivity contribution in [1.82, 2.24) is 4.90 Å². The molecule has 9 heteroatoms. The number of nitrogens with one attached hydrogen (secondary N) is 2. The second-order valence-corrected chi connectivity index (χ2v) is 8.60. The van der Waals surface area contributed by atoms with Crippen LogP contribution in [0.25, 0.3) is 0 Å². The summed E-state index contributed by atoms with van der Waals surface area (Å²) in [5, 5.41) is 26.2. The summed E-state index contributed by atoms with van der Waals surface area (Å²) in [6.45, 7) is 2.23. The van der Waals surface area contributed by atoms with Crippen molar-refractivity contribution in [2.45, 2.75) is 44.7 Å². The van der Waals surface area contributed by atoms with Crippen molar-refractivity contribution < 1.29 is 19.8 Å². The predicted molar refractivity (Wildman–Crippen MR) is 132 cm³/mol. The Hall–Kier alpha value is -4.14. The molecule has 3 aromatic carbocycles. The van der Waals surface area contributed by atoms with Gasteiger partial charge in [0.1, 0.15) is 17.4 Å². The van der Waals surface area contributed by atoms with Crippen LogP contribution in [0.1, 0.15) is 54.6 Å². The molecule has 4 rings (SSSR count). The Balaban J connectivity index is 1.60. The molecule has 3 aromatic rings. The maximum Gasteiger partial charge on any atom is 0.326 e. The molecule has 1 aliphatic rings. The molecule has 0 aromatic heterocycles. The fraction of sp³-hybridized carbons (Fsp3) is 0.308. The molecule has 1 fully saturated rings. The van der Waals surface area contributed by atoms with Gasteiger partial charge in [0.05, 0.1) is 17.3 Å². The zero-order valence-electron chi connectivity index (χ0n) is 19.3. The number of phenolic OH excluding ortho intramolecular Hbond substituents is 1. The number of aromatic hydroxyl groups is 1. The van der Waals surface area contributed by atoms with Gasteiger partial charge in [0.15, 0.2) is 5.75 Å². The molecule has 1 amide bonds. The quantitative estimate of drug-likeness (QED) is 0.286. The summed E-state index contributed by atoms with van der Waals surface area (Å²) in [4.78, 5) is 50.6. The number of benzene rings is 2. The van der Waals surface area contributed by atoms with E-state index >= 15 is 0 Å². The van der Waals surface area contributed by atoms with E-state index in [-0.39, 0.29) is 35.2 Å². The van der Waals surface area contributed by atoms with Gasteiger partial charge in [-0.2, -0.15) is 0 Å². The number of amides is 1. The highest BCUT2D eigenvalue weighted by Gasteiger charge is 2.34. The van der Waals surface area contributed by atoms with Crippen LogP contribution in [0.5, 0.6) is 5.75 Å². The Labute approximate surface area is 201 Å². The lowest BCUT2D eigenvalue weighted by molar-refractivity contribution is -0.143. The minimum absolute atomic E-state index is 0.00525. The first kappa shape index (κ1) is 24.0. The number of piperidine rings is 1. The number of phenols is 1. The summed E-state index contributed by atoms with van der Waals surface area (Å²) in [7, 11) is 0. The number of rotatable bonds is 8. The lowest BCUT2D eigenvalue weighted by Gasteiger charge is -2.33. The van der Waals surface area contributed by atoms with Gasteiger partial charge in [-0.3, -0.25) is 14.4 Å². The maximum absolute atomic E-state index is 13.1. The van der Waals surface area contributed by atoms with Gasteiger partial charge in [0.2, 0.25) is 0 Å². The summed E-state index contributed by atoms with van der Waals surface area (Å²) in [6, 6.07) is 12.8. The van der Waals surface area contributed by atoms with Gasteiger partial charge in [-0.1, -0.05) is 43.3 Å². The SMILES string of the molecule is CCC(Nc1c(Nc2cccc(C(=O)N3CCCCC3C(=O)O)c2O)c(=O)c1=O)c1ccccc1. The monoisotopic (exact) mass is 477 g/mol. The third-order valence-corrected chi connectivity index (χ3v) is 6.41. The van der Waals surface area contributed by atoms with E-state index in [1.165, 1.54) is 23.1 Å². The topological polar surface area (TPSA) is 136 Å². The van der Waals surface area contributed by atoms with Crippen LogP contribution in [-0.2, 0) is 4.79 Å². The van der Waals surface area contributed by atoms with Crippen molar-refractivity contribution in [3.05, 3.63) is 80.1 Å². The van der Waals surface area contributed by atoms with Crippen LogP contribution in [0, 0.1) is 0 Å². The molecule has 1 heterocycles. The van der Waals surface area contributed by atoms with E-state index < -0.39 is 34.5 Å². The van der Waals surface area contributed by atoms with E-state index in [0.717, 1.165) is 5.56 Å². The first-order chi connectivity index (χ1) is 16.8. The molecule has 1 aliphatic heterocycles. The maximum atomic E-state index is 13.1. The molecular formula is C26H27N3O6. The number of hydrogen-bond acceptors (Lipinski definition) is 7. The number of aliphatic carboxylic acids is 1. The van der Waals surface area contributed by atoms with Crippen molar-refractivity contribution in [3.8, 4) is 5.75 Å². The molecule has 1 saturated heterocycles. The molecule has 0 spiro atoms. The molecule has 0 bridgehead atoms. The van der Waals surface area contributed by atoms with Gasteiger partial charge in [-0.15, -0.1) is 0 Å². The number of carbonyl (C=O) groups is 2. The van der Waals surface area contributed by atoms with Crippen LogP contribution >= 0.6 is 0 Å². The van der Waals surface area contributed by atoms with Gasteiger partial charge in [-0.05, 0) is 43.4 Å². The summed E-state index contributed by atoms with van der Waals surface area (Å²) in [6.07, 6.45) is 2.39. The van der Waals surface area contributed by atoms with E-state index in [9.17, 15) is 29.4 Å². The van der Waals surface area contributed by atoms with E-state index in [0.29, 0.717) is 25.7 Å². The first-order valence-electron chi connectivity index (χ1n) is 11.6. The average Bonchev–Trinajstić information content (AvgIpc) is 2.89. The third-order valence-electron chi connectivity index (χ3n) is 6.41. The van der Waals surface area contributed by atoms with Crippen molar-refractivity contribution in [1.29, 1.82) is 0 Å². The van der Waals surface area contributed by atoms with E-state index in [2.05, 4.69) is 10.6 Å². The molecule has 2 atom stereocenters. The Morgan fingerprint density at radius 3 is 2.43 bits per heavy atom. The second kappa shape index (κ2) is 10.0. The van der Waals surface area contributed by atoms with Crippen LogP contribution in [0.15, 0.2) is 58.1 Å². The van der Waals surface area contributed by atoms with E-state index in [1.807, 2.05) is 37.3 Å². The van der Waals surface area contributed by atoms with Crippen LogP contribution in [0.3, 0.4) is 0 Å². The van der Waals surface area contributed by atoms with Gasteiger partial charge in [0, 0.05) is 6.54 Å². The summed E-state index contributed by atoms with van der Waals surface area (Å²) in [5.74, 6) is -2.10. The molecule has 2 unspecified atom stereocenters. The van der Waals surface area contributed by atoms with Crippen LogP contribution < -0.4 is 21.5 Å². The standard InChI is InChI=1S/C26H27N3O6/c1-2-17(15-9-4-3-5-10-15)27-20-21(24(32)23(20)31)28-18-12-8-11-16(22(18)30)25(33)29-14-7-6-13-19(29)26(34)35/h3-5,8-12,17,19,27-28,30H,2,6-7,13-14H2,1H3,(H,34,35). The van der Waals surface area contributed by atoms with Crippen molar-refractivity contribution in [3.63, 3.8) is 0 Å².